The Bertz CT molecular complexity index is 292. The monoisotopic (exact) mass is 309 g/mol. The Hall–Kier alpha value is -0.0400. The summed E-state index contributed by atoms with van der Waals surface area (Å²) in [6.07, 6.45) is 13.8. The standard InChI is InChI=1S/C21H43N/c1-7-11-16-20(5,13-8-2)19-12-17-22(18-19)21(6,14-9-3)15-10-4/h19H,7-18H2,1-6H3. The maximum atomic E-state index is 2.87. The normalized spacial score (nSPS) is 22.9. The van der Waals surface area contributed by atoms with Crippen LogP contribution in [0.25, 0.3) is 0 Å². The van der Waals surface area contributed by atoms with Crippen molar-refractivity contribution in [2.45, 2.75) is 111 Å². The molecule has 0 aliphatic carbocycles. The summed E-state index contributed by atoms with van der Waals surface area (Å²) < 4.78 is 0. The van der Waals surface area contributed by atoms with Gasteiger partial charge in [-0.05, 0) is 56.9 Å². The summed E-state index contributed by atoms with van der Waals surface area (Å²) in [5.41, 5.74) is 1.04. The molecule has 1 aliphatic heterocycles. The maximum absolute atomic E-state index is 2.87. The van der Waals surface area contributed by atoms with E-state index in [2.05, 4.69) is 46.4 Å². The van der Waals surface area contributed by atoms with Gasteiger partial charge in [0, 0.05) is 12.1 Å². The molecule has 0 bridgehead atoms. The molecule has 0 saturated carbocycles. The third kappa shape index (κ3) is 4.98. The minimum absolute atomic E-state index is 0.454. The van der Waals surface area contributed by atoms with Crippen molar-refractivity contribution in [3.05, 3.63) is 0 Å². The molecule has 2 unspecified atom stereocenters. The highest BCUT2D eigenvalue weighted by Gasteiger charge is 2.42. The van der Waals surface area contributed by atoms with Crippen LogP contribution in [-0.4, -0.2) is 23.5 Å². The Morgan fingerprint density at radius 2 is 1.41 bits per heavy atom. The van der Waals surface area contributed by atoms with Crippen LogP contribution in [0.3, 0.4) is 0 Å². The second-order valence-electron chi connectivity index (χ2n) is 8.44. The zero-order chi connectivity index (χ0) is 16.6. The lowest BCUT2D eigenvalue weighted by Crippen LogP contribution is -2.45. The van der Waals surface area contributed by atoms with E-state index in [4.69, 9.17) is 0 Å². The first-order valence-electron chi connectivity index (χ1n) is 10.2. The predicted octanol–water partition coefficient (Wildman–Crippen LogP) is 6.66. The van der Waals surface area contributed by atoms with Crippen molar-refractivity contribution >= 4 is 0 Å². The smallest absolute Gasteiger partial charge is 0.0181 e. The van der Waals surface area contributed by atoms with Crippen LogP contribution in [0.2, 0.25) is 0 Å². The predicted molar refractivity (Wildman–Crippen MR) is 100 cm³/mol. The van der Waals surface area contributed by atoms with Gasteiger partial charge >= 0.3 is 0 Å². The minimum atomic E-state index is 0.454. The quantitative estimate of drug-likeness (QED) is 0.412. The van der Waals surface area contributed by atoms with Crippen LogP contribution in [0.4, 0.5) is 0 Å². The minimum Gasteiger partial charge on any atom is -0.298 e. The van der Waals surface area contributed by atoms with Gasteiger partial charge < -0.3 is 0 Å². The van der Waals surface area contributed by atoms with E-state index in [1.165, 1.54) is 77.3 Å². The average molecular weight is 310 g/mol. The topological polar surface area (TPSA) is 3.24 Å². The molecule has 0 amide bonds. The van der Waals surface area contributed by atoms with E-state index in [0.717, 1.165) is 5.92 Å². The first-order valence-corrected chi connectivity index (χ1v) is 10.2. The third-order valence-electron chi connectivity index (χ3n) is 6.44. The van der Waals surface area contributed by atoms with Crippen LogP contribution in [-0.2, 0) is 0 Å². The summed E-state index contributed by atoms with van der Waals surface area (Å²) in [7, 11) is 0. The molecule has 1 heteroatoms. The highest BCUT2D eigenvalue weighted by molar-refractivity contribution is 4.95. The van der Waals surface area contributed by atoms with E-state index >= 15 is 0 Å². The molecular weight excluding hydrogens is 266 g/mol. The fraction of sp³-hybridized carbons (Fsp3) is 1.00. The van der Waals surface area contributed by atoms with Gasteiger partial charge in [-0.25, -0.2) is 0 Å². The summed E-state index contributed by atoms with van der Waals surface area (Å²) in [5.74, 6) is 0.923. The van der Waals surface area contributed by atoms with Gasteiger partial charge in [0.05, 0.1) is 0 Å². The molecule has 1 fully saturated rings. The molecule has 0 spiro atoms. The van der Waals surface area contributed by atoms with Crippen molar-refractivity contribution in [2.24, 2.45) is 11.3 Å². The molecule has 0 aromatic carbocycles. The SMILES string of the molecule is CCCCC(C)(CCC)C1CCN(C(C)(CCC)CCC)C1. The molecule has 1 heterocycles. The van der Waals surface area contributed by atoms with Crippen molar-refractivity contribution in [1.82, 2.24) is 4.90 Å². The zero-order valence-corrected chi connectivity index (χ0v) is 16.5. The van der Waals surface area contributed by atoms with E-state index < -0.39 is 0 Å². The van der Waals surface area contributed by atoms with Gasteiger partial charge in [-0.1, -0.05) is 66.7 Å². The largest absolute Gasteiger partial charge is 0.298 e. The van der Waals surface area contributed by atoms with Crippen LogP contribution in [0.5, 0.6) is 0 Å². The fourth-order valence-corrected chi connectivity index (χ4v) is 5.02. The van der Waals surface area contributed by atoms with Gasteiger partial charge in [-0.2, -0.15) is 0 Å². The molecule has 1 aliphatic rings. The highest BCUT2D eigenvalue weighted by Crippen LogP contribution is 2.45. The van der Waals surface area contributed by atoms with E-state index in [9.17, 15) is 0 Å². The summed E-state index contributed by atoms with van der Waals surface area (Å²) >= 11 is 0. The van der Waals surface area contributed by atoms with Crippen molar-refractivity contribution in [3.63, 3.8) is 0 Å². The molecule has 0 radical (unpaired) electrons. The summed E-state index contributed by atoms with van der Waals surface area (Å²) in [5, 5.41) is 0. The van der Waals surface area contributed by atoms with Gasteiger partial charge in [-0.3, -0.25) is 4.90 Å². The van der Waals surface area contributed by atoms with Crippen LogP contribution < -0.4 is 0 Å². The van der Waals surface area contributed by atoms with Crippen molar-refractivity contribution in [3.8, 4) is 0 Å². The highest BCUT2D eigenvalue weighted by atomic mass is 15.2. The molecule has 0 aromatic rings. The maximum Gasteiger partial charge on any atom is 0.0181 e. The zero-order valence-electron chi connectivity index (χ0n) is 16.5. The lowest BCUT2D eigenvalue weighted by atomic mass is 9.70. The van der Waals surface area contributed by atoms with Crippen molar-refractivity contribution < 1.29 is 0 Å². The lowest BCUT2D eigenvalue weighted by Gasteiger charge is -2.41. The van der Waals surface area contributed by atoms with Crippen LogP contribution in [0, 0.1) is 11.3 Å². The Balaban J connectivity index is 2.76. The molecule has 2 atom stereocenters. The molecule has 132 valence electrons. The first kappa shape index (κ1) is 20.0. The summed E-state index contributed by atoms with van der Waals surface area (Å²) in [6, 6.07) is 0. The van der Waals surface area contributed by atoms with Crippen LogP contribution >= 0.6 is 0 Å². The van der Waals surface area contributed by atoms with Crippen molar-refractivity contribution in [2.75, 3.05) is 13.1 Å². The number of rotatable bonds is 11. The molecule has 1 saturated heterocycles. The first-order chi connectivity index (χ1) is 10.5. The lowest BCUT2D eigenvalue weighted by molar-refractivity contribution is 0.0844. The van der Waals surface area contributed by atoms with Gasteiger partial charge in [0.1, 0.15) is 0 Å². The van der Waals surface area contributed by atoms with Crippen LogP contribution in [0.15, 0.2) is 0 Å². The average Bonchev–Trinajstić information content (AvgIpc) is 2.97. The number of hydrogen-bond donors (Lipinski definition) is 0. The number of hydrogen-bond acceptors (Lipinski definition) is 1. The molecular formula is C21H43N. The Kier molecular flexibility index (Phi) is 8.46. The van der Waals surface area contributed by atoms with Gasteiger partial charge in [-0.15, -0.1) is 0 Å². The van der Waals surface area contributed by atoms with Crippen molar-refractivity contribution in [1.29, 1.82) is 0 Å². The third-order valence-corrected chi connectivity index (χ3v) is 6.44. The molecule has 0 N–H and O–H groups in total. The van der Waals surface area contributed by atoms with E-state index in [1.807, 2.05) is 0 Å². The fourth-order valence-electron chi connectivity index (χ4n) is 5.02. The van der Waals surface area contributed by atoms with E-state index in [1.54, 1.807) is 0 Å². The molecule has 1 rings (SSSR count). The Morgan fingerprint density at radius 3 is 1.91 bits per heavy atom. The van der Waals surface area contributed by atoms with Gasteiger partial charge in [0.2, 0.25) is 0 Å². The van der Waals surface area contributed by atoms with Gasteiger partial charge in [0.15, 0.2) is 0 Å². The molecule has 22 heavy (non-hydrogen) atoms. The summed E-state index contributed by atoms with van der Waals surface area (Å²) in [4.78, 5) is 2.87. The van der Waals surface area contributed by atoms with Gasteiger partial charge in [0.25, 0.3) is 0 Å². The number of unbranched alkanes of at least 4 members (excludes halogenated alkanes) is 1. The Labute approximate surface area is 141 Å². The Morgan fingerprint density at radius 1 is 0.818 bits per heavy atom. The second kappa shape index (κ2) is 9.30. The summed E-state index contributed by atoms with van der Waals surface area (Å²) in [6.45, 7) is 17.2. The second-order valence-corrected chi connectivity index (χ2v) is 8.44. The number of nitrogens with zero attached hydrogens (tertiary/aromatic N) is 1. The van der Waals surface area contributed by atoms with E-state index in [0.29, 0.717) is 11.0 Å². The molecule has 0 aromatic heterocycles. The van der Waals surface area contributed by atoms with Crippen LogP contribution in [0.1, 0.15) is 106 Å². The van der Waals surface area contributed by atoms with E-state index in [-0.39, 0.29) is 0 Å². The molecule has 1 nitrogen and oxygen atoms in total. The number of likely N-dealkylation sites (tertiary alicyclic amines) is 1.